The molecule has 1 aromatic carbocycles. The van der Waals surface area contributed by atoms with Crippen LogP contribution in [0.15, 0.2) is 53.7 Å². The van der Waals surface area contributed by atoms with Crippen LogP contribution in [0, 0.1) is 0 Å². The number of para-hydroxylation sites is 1. The minimum Gasteiger partial charge on any atom is -0.253 e. The number of hydrogen-bond donors (Lipinski definition) is 1. The monoisotopic (exact) mass is 325 g/mol. The molecule has 3 aromatic rings. The van der Waals surface area contributed by atoms with E-state index in [1.165, 1.54) is 27.3 Å². The molecule has 1 unspecified atom stereocenters. The number of allylic oxidation sites excluding steroid dienone is 2. The van der Waals surface area contributed by atoms with Crippen LogP contribution in [0.2, 0.25) is 0 Å². The number of benzene rings is 1. The first-order valence-electron chi connectivity index (χ1n) is 7.29. The molecular formula is C17H15N3S2. The average Bonchev–Trinajstić information content (AvgIpc) is 3.27. The molecule has 0 spiro atoms. The topological polar surface area (TPSA) is 37.3 Å². The van der Waals surface area contributed by atoms with Gasteiger partial charge in [0.1, 0.15) is 0 Å². The van der Waals surface area contributed by atoms with Gasteiger partial charge >= 0.3 is 0 Å². The van der Waals surface area contributed by atoms with Crippen molar-refractivity contribution >= 4 is 44.2 Å². The second-order valence-electron chi connectivity index (χ2n) is 5.21. The predicted molar refractivity (Wildman–Crippen MR) is 96.3 cm³/mol. The molecule has 0 aliphatic heterocycles. The lowest BCUT2D eigenvalue weighted by atomic mass is 10.1. The van der Waals surface area contributed by atoms with Gasteiger partial charge in [-0.3, -0.25) is 5.43 Å². The Labute approximate surface area is 137 Å². The molecule has 0 saturated heterocycles. The van der Waals surface area contributed by atoms with Crippen LogP contribution >= 0.6 is 22.7 Å². The first-order valence-corrected chi connectivity index (χ1v) is 8.93. The van der Waals surface area contributed by atoms with Gasteiger partial charge < -0.3 is 0 Å². The molecule has 2 aromatic heterocycles. The molecule has 2 heterocycles. The Balaban J connectivity index is 1.44. The average molecular weight is 325 g/mol. The number of rotatable bonds is 4. The van der Waals surface area contributed by atoms with Crippen molar-refractivity contribution < 1.29 is 0 Å². The number of hydrogen-bond acceptors (Lipinski definition) is 5. The number of fused-ring (bicyclic) bond motifs is 1. The Morgan fingerprint density at radius 3 is 3.00 bits per heavy atom. The first kappa shape index (κ1) is 13.7. The van der Waals surface area contributed by atoms with Crippen molar-refractivity contribution in [2.24, 2.45) is 5.10 Å². The van der Waals surface area contributed by atoms with Crippen LogP contribution in [0.1, 0.15) is 28.5 Å². The summed E-state index contributed by atoms with van der Waals surface area (Å²) in [6.45, 7) is 0. The molecule has 0 bridgehead atoms. The van der Waals surface area contributed by atoms with Crippen molar-refractivity contribution in [2.75, 3.05) is 5.43 Å². The summed E-state index contributed by atoms with van der Waals surface area (Å²) in [6.07, 6.45) is 8.89. The van der Waals surface area contributed by atoms with Crippen LogP contribution in [0.3, 0.4) is 0 Å². The summed E-state index contributed by atoms with van der Waals surface area (Å²) in [5.41, 5.74) is 4.04. The summed E-state index contributed by atoms with van der Waals surface area (Å²) < 4.78 is 1.17. The first-order chi connectivity index (χ1) is 10.9. The van der Waals surface area contributed by atoms with E-state index in [0.717, 1.165) is 10.6 Å². The molecule has 5 heteroatoms. The summed E-state index contributed by atoms with van der Waals surface area (Å²) >= 11 is 3.43. The van der Waals surface area contributed by atoms with Gasteiger partial charge in [0.2, 0.25) is 5.13 Å². The fraction of sp³-hybridized carbons (Fsp3) is 0.176. The number of thiophene rings is 1. The van der Waals surface area contributed by atoms with Gasteiger partial charge in [-0.15, -0.1) is 11.3 Å². The van der Waals surface area contributed by atoms with Crippen molar-refractivity contribution in [3.8, 4) is 0 Å². The highest BCUT2D eigenvalue weighted by atomic mass is 32.1. The summed E-state index contributed by atoms with van der Waals surface area (Å²) in [7, 11) is 0. The second-order valence-corrected chi connectivity index (χ2v) is 7.39. The third kappa shape index (κ3) is 2.82. The zero-order valence-corrected chi connectivity index (χ0v) is 13.5. The number of nitrogens with zero attached hydrogens (tertiary/aromatic N) is 2. The maximum absolute atomic E-state index is 4.50. The Kier molecular flexibility index (Phi) is 3.74. The zero-order valence-electron chi connectivity index (χ0n) is 11.9. The van der Waals surface area contributed by atoms with E-state index < -0.39 is 0 Å². The van der Waals surface area contributed by atoms with Gasteiger partial charge in [0.25, 0.3) is 0 Å². The Hall–Kier alpha value is -1.98. The van der Waals surface area contributed by atoms with Crippen LogP contribution in [0.5, 0.6) is 0 Å². The SMILES string of the molecule is C1=CC(c2ccc(C=NNc3nc4ccccc4s3)s2)CC1. The maximum Gasteiger partial charge on any atom is 0.204 e. The van der Waals surface area contributed by atoms with Crippen molar-refractivity contribution in [2.45, 2.75) is 18.8 Å². The summed E-state index contributed by atoms with van der Waals surface area (Å²) in [6, 6.07) is 12.5. The lowest BCUT2D eigenvalue weighted by Gasteiger charge is -2.01. The molecule has 1 aliphatic rings. The molecule has 0 amide bonds. The number of thiazole rings is 1. The third-order valence-corrected chi connectivity index (χ3v) is 5.76. The fourth-order valence-corrected chi connectivity index (χ4v) is 4.39. The van der Waals surface area contributed by atoms with E-state index in [2.05, 4.69) is 45.9 Å². The Morgan fingerprint density at radius 1 is 1.18 bits per heavy atom. The van der Waals surface area contributed by atoms with Gasteiger partial charge in [-0.25, -0.2) is 4.98 Å². The highest BCUT2D eigenvalue weighted by Crippen LogP contribution is 2.32. The fourth-order valence-electron chi connectivity index (χ4n) is 2.58. The molecule has 4 rings (SSSR count). The molecule has 0 fully saturated rings. The molecule has 22 heavy (non-hydrogen) atoms. The molecule has 3 nitrogen and oxygen atoms in total. The Bertz CT molecular complexity index is 811. The zero-order chi connectivity index (χ0) is 14.8. The van der Waals surface area contributed by atoms with Gasteiger partial charge in [-0.2, -0.15) is 5.10 Å². The molecule has 0 radical (unpaired) electrons. The van der Waals surface area contributed by atoms with E-state index in [0.29, 0.717) is 5.92 Å². The van der Waals surface area contributed by atoms with Crippen molar-refractivity contribution in [1.29, 1.82) is 0 Å². The van der Waals surface area contributed by atoms with Crippen LogP contribution in [-0.4, -0.2) is 11.2 Å². The third-order valence-electron chi connectivity index (χ3n) is 3.67. The maximum atomic E-state index is 4.50. The van der Waals surface area contributed by atoms with Crippen molar-refractivity contribution in [3.05, 3.63) is 58.3 Å². The van der Waals surface area contributed by atoms with Gasteiger partial charge in [0.15, 0.2) is 0 Å². The van der Waals surface area contributed by atoms with E-state index in [-0.39, 0.29) is 0 Å². The number of nitrogens with one attached hydrogen (secondary N) is 1. The number of anilines is 1. The molecule has 1 aliphatic carbocycles. The van der Waals surface area contributed by atoms with Crippen LogP contribution in [-0.2, 0) is 0 Å². The second kappa shape index (κ2) is 6.02. The quantitative estimate of drug-likeness (QED) is 0.405. The molecule has 1 N–H and O–H groups in total. The van der Waals surface area contributed by atoms with E-state index in [1.54, 1.807) is 11.3 Å². The standard InChI is InChI=1S/C17H15N3S2/c1-2-6-12(5-1)15-10-9-13(21-15)11-18-20-17-19-14-7-3-4-8-16(14)22-17/h1,3-5,7-12H,2,6H2,(H,19,20). The lowest BCUT2D eigenvalue weighted by Crippen LogP contribution is -1.87. The van der Waals surface area contributed by atoms with Crippen molar-refractivity contribution in [1.82, 2.24) is 4.98 Å². The van der Waals surface area contributed by atoms with E-state index in [1.807, 2.05) is 35.8 Å². The highest BCUT2D eigenvalue weighted by molar-refractivity contribution is 7.22. The normalized spacial score (nSPS) is 17.7. The van der Waals surface area contributed by atoms with E-state index in [4.69, 9.17) is 0 Å². The van der Waals surface area contributed by atoms with Crippen LogP contribution in [0.4, 0.5) is 5.13 Å². The van der Waals surface area contributed by atoms with Gasteiger partial charge in [0.05, 0.1) is 16.4 Å². The number of aromatic nitrogens is 1. The molecule has 110 valence electrons. The minimum atomic E-state index is 0.601. The minimum absolute atomic E-state index is 0.601. The smallest absolute Gasteiger partial charge is 0.204 e. The van der Waals surface area contributed by atoms with Crippen LogP contribution in [0.25, 0.3) is 10.2 Å². The molecular weight excluding hydrogens is 310 g/mol. The van der Waals surface area contributed by atoms with Gasteiger partial charge in [0, 0.05) is 15.7 Å². The lowest BCUT2D eigenvalue weighted by molar-refractivity contribution is 0.815. The van der Waals surface area contributed by atoms with E-state index in [9.17, 15) is 0 Å². The molecule has 1 atom stereocenters. The van der Waals surface area contributed by atoms with Gasteiger partial charge in [-0.1, -0.05) is 35.6 Å². The highest BCUT2D eigenvalue weighted by Gasteiger charge is 2.13. The number of hydrazone groups is 1. The summed E-state index contributed by atoms with van der Waals surface area (Å²) in [4.78, 5) is 7.10. The largest absolute Gasteiger partial charge is 0.253 e. The summed E-state index contributed by atoms with van der Waals surface area (Å²) in [5, 5.41) is 5.14. The van der Waals surface area contributed by atoms with Gasteiger partial charge in [-0.05, 0) is 37.1 Å². The van der Waals surface area contributed by atoms with E-state index >= 15 is 0 Å². The van der Waals surface area contributed by atoms with Crippen LogP contribution < -0.4 is 5.43 Å². The van der Waals surface area contributed by atoms with Crippen molar-refractivity contribution in [3.63, 3.8) is 0 Å². The molecule has 0 saturated carbocycles. The Morgan fingerprint density at radius 2 is 2.14 bits per heavy atom. The summed E-state index contributed by atoms with van der Waals surface area (Å²) in [5.74, 6) is 0.601. The predicted octanol–water partition coefficient (Wildman–Crippen LogP) is 5.24.